The zero-order chi connectivity index (χ0) is 16.3. The molecule has 0 unspecified atom stereocenters. The van der Waals surface area contributed by atoms with Crippen molar-refractivity contribution in [1.82, 2.24) is 0 Å². The lowest BCUT2D eigenvalue weighted by atomic mass is 9.93. The fraction of sp³-hybridized carbons (Fsp3) is 0.235. The minimum atomic E-state index is -0.487. The highest BCUT2D eigenvalue weighted by atomic mass is 16.5. The first-order chi connectivity index (χ1) is 10.5. The van der Waals surface area contributed by atoms with Gasteiger partial charge < -0.3 is 9.84 Å². The summed E-state index contributed by atoms with van der Waals surface area (Å²) in [6.07, 6.45) is 6.37. The van der Waals surface area contributed by atoms with Crippen molar-refractivity contribution in [2.75, 3.05) is 6.61 Å². The summed E-state index contributed by atoms with van der Waals surface area (Å²) < 4.78 is 5.36. The molecular formula is C17H16O5. The molecule has 114 valence electrons. The Morgan fingerprint density at radius 3 is 2.68 bits per heavy atom. The minimum Gasteiger partial charge on any atom is -0.506 e. The molecule has 5 nitrogen and oxygen atoms in total. The van der Waals surface area contributed by atoms with Crippen molar-refractivity contribution >= 4 is 17.3 Å². The van der Waals surface area contributed by atoms with Gasteiger partial charge in [0.2, 0.25) is 0 Å². The topological polar surface area (TPSA) is 80.7 Å². The molecule has 1 N–H and O–H groups in total. The third-order valence-electron chi connectivity index (χ3n) is 3.30. The van der Waals surface area contributed by atoms with Gasteiger partial charge in [-0.1, -0.05) is 18.2 Å². The number of allylic oxidation sites excluding steroid dienone is 4. The molecule has 0 amide bonds. The van der Waals surface area contributed by atoms with E-state index in [4.69, 9.17) is 4.74 Å². The van der Waals surface area contributed by atoms with E-state index in [0.717, 1.165) is 0 Å². The van der Waals surface area contributed by atoms with Gasteiger partial charge in [0.1, 0.15) is 17.1 Å². The van der Waals surface area contributed by atoms with Crippen LogP contribution in [0.5, 0.6) is 11.5 Å². The number of benzene rings is 1. The summed E-state index contributed by atoms with van der Waals surface area (Å²) in [5.74, 6) is -1.55. The maximum Gasteiger partial charge on any atom is 0.189 e. The molecule has 0 bridgehead atoms. The number of phenols is 1. The van der Waals surface area contributed by atoms with Gasteiger partial charge >= 0.3 is 0 Å². The molecule has 0 aliphatic carbocycles. The summed E-state index contributed by atoms with van der Waals surface area (Å²) >= 11 is 0. The number of hydrogen-bond donors (Lipinski definition) is 1. The summed E-state index contributed by atoms with van der Waals surface area (Å²) in [4.78, 5) is 35.9. The Balaban J connectivity index is 2.63. The van der Waals surface area contributed by atoms with Crippen molar-refractivity contribution in [3.8, 4) is 11.5 Å². The van der Waals surface area contributed by atoms with E-state index in [1.807, 2.05) is 0 Å². The van der Waals surface area contributed by atoms with Gasteiger partial charge in [0.25, 0.3) is 0 Å². The SMILES string of the molecule is C/C=C/C=C/C(=O)c1cc2c(c(C(C)=O)c1O)OCCC2=O. The third kappa shape index (κ3) is 2.83. The van der Waals surface area contributed by atoms with Gasteiger partial charge in [-0.15, -0.1) is 0 Å². The van der Waals surface area contributed by atoms with E-state index in [9.17, 15) is 19.5 Å². The van der Waals surface area contributed by atoms with E-state index in [-0.39, 0.29) is 41.3 Å². The van der Waals surface area contributed by atoms with Crippen LogP contribution in [0.3, 0.4) is 0 Å². The predicted octanol–water partition coefficient (Wildman–Crippen LogP) is 2.88. The number of phenolic OH excluding ortho intramolecular Hbond substituents is 1. The molecule has 1 aliphatic heterocycles. The molecule has 1 heterocycles. The summed E-state index contributed by atoms with van der Waals surface area (Å²) in [6, 6.07) is 1.29. The number of fused-ring (bicyclic) bond motifs is 1. The normalized spacial score (nSPS) is 14.2. The maximum atomic E-state index is 12.2. The Morgan fingerprint density at radius 2 is 2.05 bits per heavy atom. The zero-order valence-electron chi connectivity index (χ0n) is 12.4. The van der Waals surface area contributed by atoms with E-state index in [0.29, 0.717) is 0 Å². The molecule has 0 aromatic heterocycles. The minimum absolute atomic E-state index is 0.0650. The highest BCUT2D eigenvalue weighted by molar-refractivity contribution is 6.14. The summed E-state index contributed by atoms with van der Waals surface area (Å²) in [6.45, 7) is 3.21. The first kappa shape index (κ1) is 15.7. The largest absolute Gasteiger partial charge is 0.506 e. The van der Waals surface area contributed by atoms with Crippen LogP contribution in [0.15, 0.2) is 30.4 Å². The Kier molecular flexibility index (Phi) is 4.56. The van der Waals surface area contributed by atoms with E-state index in [1.165, 1.54) is 25.1 Å². The Labute approximate surface area is 127 Å². The number of Topliss-reactive ketones (excluding diaryl/α,β-unsaturated/α-hetero) is 2. The molecular weight excluding hydrogens is 284 g/mol. The van der Waals surface area contributed by atoms with Gasteiger partial charge in [0.15, 0.2) is 17.3 Å². The quantitative estimate of drug-likeness (QED) is 0.525. The van der Waals surface area contributed by atoms with Crippen LogP contribution in [-0.4, -0.2) is 29.1 Å². The van der Waals surface area contributed by atoms with E-state index < -0.39 is 17.3 Å². The van der Waals surface area contributed by atoms with Crippen molar-refractivity contribution in [3.05, 3.63) is 47.1 Å². The van der Waals surface area contributed by atoms with Gasteiger partial charge in [-0.2, -0.15) is 0 Å². The van der Waals surface area contributed by atoms with Gasteiger partial charge in [-0.3, -0.25) is 14.4 Å². The molecule has 0 saturated heterocycles. The predicted molar refractivity (Wildman–Crippen MR) is 80.8 cm³/mol. The molecule has 22 heavy (non-hydrogen) atoms. The van der Waals surface area contributed by atoms with Crippen LogP contribution >= 0.6 is 0 Å². The number of hydrogen-bond acceptors (Lipinski definition) is 5. The first-order valence-corrected chi connectivity index (χ1v) is 6.88. The zero-order valence-corrected chi connectivity index (χ0v) is 12.4. The van der Waals surface area contributed by atoms with Crippen molar-refractivity contribution in [2.24, 2.45) is 0 Å². The molecule has 0 radical (unpaired) electrons. The second-order valence-corrected chi connectivity index (χ2v) is 4.85. The van der Waals surface area contributed by atoms with E-state index in [2.05, 4.69) is 0 Å². The van der Waals surface area contributed by atoms with Crippen LogP contribution in [0.1, 0.15) is 51.3 Å². The van der Waals surface area contributed by atoms with Gasteiger partial charge in [-0.25, -0.2) is 0 Å². The summed E-state index contributed by atoms with van der Waals surface area (Å²) in [7, 11) is 0. The van der Waals surface area contributed by atoms with Crippen LogP contribution in [0, 0.1) is 0 Å². The molecule has 1 aromatic rings. The standard InChI is InChI=1S/C17H16O5/c1-3-4-5-6-13(19)11-9-12-14(20)7-8-22-17(12)15(10(2)18)16(11)21/h3-6,9,21H,7-8H2,1-2H3/b4-3+,6-5+. The lowest BCUT2D eigenvalue weighted by Crippen LogP contribution is -2.19. The van der Waals surface area contributed by atoms with E-state index >= 15 is 0 Å². The molecule has 0 atom stereocenters. The Bertz CT molecular complexity index is 710. The van der Waals surface area contributed by atoms with Crippen molar-refractivity contribution in [2.45, 2.75) is 20.3 Å². The van der Waals surface area contributed by atoms with Gasteiger partial charge in [0, 0.05) is 6.42 Å². The summed E-state index contributed by atoms with van der Waals surface area (Å²) in [5, 5.41) is 10.2. The Hall–Kier alpha value is -2.69. The second kappa shape index (κ2) is 6.39. The molecule has 0 fully saturated rings. The average Bonchev–Trinajstić information content (AvgIpc) is 2.46. The maximum absolute atomic E-state index is 12.2. The van der Waals surface area contributed by atoms with Gasteiger partial charge in [0.05, 0.1) is 17.7 Å². The number of rotatable bonds is 4. The van der Waals surface area contributed by atoms with Crippen molar-refractivity contribution in [3.63, 3.8) is 0 Å². The third-order valence-corrected chi connectivity index (χ3v) is 3.30. The van der Waals surface area contributed by atoms with Crippen LogP contribution < -0.4 is 4.74 Å². The first-order valence-electron chi connectivity index (χ1n) is 6.88. The van der Waals surface area contributed by atoms with Crippen LogP contribution in [-0.2, 0) is 0 Å². The molecule has 0 saturated carbocycles. The molecule has 1 aliphatic rings. The molecule has 0 spiro atoms. The smallest absolute Gasteiger partial charge is 0.189 e. The van der Waals surface area contributed by atoms with Gasteiger partial charge in [-0.05, 0) is 26.0 Å². The molecule has 5 heteroatoms. The van der Waals surface area contributed by atoms with Crippen LogP contribution in [0.2, 0.25) is 0 Å². The lowest BCUT2D eigenvalue weighted by Gasteiger charge is -2.20. The average molecular weight is 300 g/mol. The fourth-order valence-electron chi connectivity index (χ4n) is 2.25. The molecule has 1 aromatic carbocycles. The highest BCUT2D eigenvalue weighted by Gasteiger charge is 2.29. The molecule has 2 rings (SSSR count). The number of carbonyl (C=O) groups excluding carboxylic acids is 3. The lowest BCUT2D eigenvalue weighted by molar-refractivity contribution is 0.0930. The number of carbonyl (C=O) groups is 3. The number of ether oxygens (including phenoxy) is 1. The monoisotopic (exact) mass is 300 g/mol. The van der Waals surface area contributed by atoms with E-state index in [1.54, 1.807) is 19.1 Å². The number of aromatic hydroxyl groups is 1. The second-order valence-electron chi connectivity index (χ2n) is 4.85. The Morgan fingerprint density at radius 1 is 1.32 bits per heavy atom. The summed E-state index contributed by atoms with van der Waals surface area (Å²) in [5.41, 5.74) is -0.0334. The van der Waals surface area contributed by atoms with Crippen molar-refractivity contribution in [1.29, 1.82) is 0 Å². The van der Waals surface area contributed by atoms with Crippen LogP contribution in [0.4, 0.5) is 0 Å². The van der Waals surface area contributed by atoms with Crippen LogP contribution in [0.25, 0.3) is 0 Å². The number of ketones is 3. The fourth-order valence-corrected chi connectivity index (χ4v) is 2.25. The van der Waals surface area contributed by atoms with Crippen molar-refractivity contribution < 1.29 is 24.2 Å². The highest BCUT2D eigenvalue weighted by Crippen LogP contribution is 2.38.